The first kappa shape index (κ1) is 17.7. The van der Waals surface area contributed by atoms with Crippen LogP contribution in [0.3, 0.4) is 0 Å². The fraction of sp³-hybridized carbons (Fsp3) is 0.611. The molecular formula is C18H29NO2. The average Bonchev–Trinajstić information content (AvgIpc) is 2.47. The molecule has 1 atom stereocenters. The number of hydrogen-bond donors (Lipinski definition) is 1. The van der Waals surface area contributed by atoms with Crippen LogP contribution >= 0.6 is 0 Å². The van der Waals surface area contributed by atoms with Crippen molar-refractivity contribution in [2.24, 2.45) is 0 Å². The molecule has 0 aliphatic heterocycles. The zero-order valence-corrected chi connectivity index (χ0v) is 13.4. The summed E-state index contributed by atoms with van der Waals surface area (Å²) in [6, 6.07) is 10.3. The molecule has 0 aromatic heterocycles. The molecule has 0 aliphatic carbocycles. The van der Waals surface area contributed by atoms with Crippen LogP contribution in [0.1, 0.15) is 51.5 Å². The van der Waals surface area contributed by atoms with Gasteiger partial charge in [-0.25, -0.2) is 0 Å². The van der Waals surface area contributed by atoms with E-state index in [0.29, 0.717) is 0 Å². The Bertz CT molecular complexity index is 383. The van der Waals surface area contributed by atoms with Gasteiger partial charge >= 0.3 is 5.97 Å². The Labute approximate surface area is 129 Å². The molecular weight excluding hydrogens is 262 g/mol. The molecule has 1 N–H and O–H groups in total. The van der Waals surface area contributed by atoms with Gasteiger partial charge in [-0.3, -0.25) is 9.69 Å². The molecule has 0 saturated heterocycles. The van der Waals surface area contributed by atoms with Gasteiger partial charge in [-0.2, -0.15) is 0 Å². The lowest BCUT2D eigenvalue weighted by Crippen LogP contribution is -2.40. The molecule has 0 aliphatic rings. The number of carboxylic acids is 1. The van der Waals surface area contributed by atoms with Gasteiger partial charge in [0.15, 0.2) is 0 Å². The van der Waals surface area contributed by atoms with E-state index in [4.69, 9.17) is 0 Å². The summed E-state index contributed by atoms with van der Waals surface area (Å²) in [5.74, 6) is -0.700. The van der Waals surface area contributed by atoms with E-state index in [1.54, 1.807) is 0 Å². The number of nitrogens with zero attached hydrogens (tertiary/aromatic N) is 1. The Morgan fingerprint density at radius 2 is 1.67 bits per heavy atom. The molecule has 3 nitrogen and oxygen atoms in total. The number of hydrogen-bond acceptors (Lipinski definition) is 2. The van der Waals surface area contributed by atoms with Crippen LogP contribution in [0.15, 0.2) is 30.3 Å². The standard InChI is InChI=1S/C18H29NO2/c1-3-5-12-19(13-6-4-2)17(15-18(20)21)14-16-10-8-7-9-11-16/h7-11,17H,3-6,12-15H2,1-2H3,(H,20,21). The van der Waals surface area contributed by atoms with Gasteiger partial charge < -0.3 is 5.11 Å². The molecule has 0 saturated carbocycles. The van der Waals surface area contributed by atoms with Crippen molar-refractivity contribution in [2.75, 3.05) is 13.1 Å². The lowest BCUT2D eigenvalue weighted by atomic mass is 10.0. The van der Waals surface area contributed by atoms with Crippen molar-refractivity contribution in [3.05, 3.63) is 35.9 Å². The summed E-state index contributed by atoms with van der Waals surface area (Å²) in [6.45, 7) is 6.37. The van der Waals surface area contributed by atoms with Crippen molar-refractivity contribution in [3.63, 3.8) is 0 Å². The number of unbranched alkanes of at least 4 members (excludes halogenated alkanes) is 2. The molecule has 0 heterocycles. The van der Waals surface area contributed by atoms with E-state index in [1.807, 2.05) is 18.2 Å². The second-order valence-electron chi connectivity index (χ2n) is 5.68. The predicted octanol–water partition coefficient (Wildman–Crippen LogP) is 3.97. The van der Waals surface area contributed by atoms with Crippen LogP contribution in [0.25, 0.3) is 0 Å². The summed E-state index contributed by atoms with van der Waals surface area (Å²) < 4.78 is 0. The van der Waals surface area contributed by atoms with Crippen molar-refractivity contribution in [2.45, 2.75) is 58.4 Å². The monoisotopic (exact) mass is 291 g/mol. The SMILES string of the molecule is CCCCN(CCCC)C(CC(=O)O)Cc1ccccc1. The van der Waals surface area contributed by atoms with Gasteiger partial charge in [0.05, 0.1) is 6.42 Å². The van der Waals surface area contributed by atoms with Crippen LogP contribution < -0.4 is 0 Å². The molecule has 0 bridgehead atoms. The van der Waals surface area contributed by atoms with Gasteiger partial charge in [0.2, 0.25) is 0 Å². The van der Waals surface area contributed by atoms with Crippen LogP contribution in [0, 0.1) is 0 Å². The highest BCUT2D eigenvalue weighted by Crippen LogP contribution is 2.15. The van der Waals surface area contributed by atoms with E-state index in [-0.39, 0.29) is 12.5 Å². The Kier molecular flexibility index (Phi) is 8.76. The van der Waals surface area contributed by atoms with E-state index in [1.165, 1.54) is 5.56 Å². The largest absolute Gasteiger partial charge is 0.481 e. The quantitative estimate of drug-likeness (QED) is 0.670. The normalized spacial score (nSPS) is 12.5. The van der Waals surface area contributed by atoms with Crippen molar-refractivity contribution >= 4 is 5.97 Å². The van der Waals surface area contributed by atoms with Crippen LogP contribution in [0.5, 0.6) is 0 Å². The van der Waals surface area contributed by atoms with Crippen molar-refractivity contribution in [1.82, 2.24) is 4.90 Å². The summed E-state index contributed by atoms with van der Waals surface area (Å²) in [6.07, 6.45) is 5.60. The van der Waals surface area contributed by atoms with E-state index < -0.39 is 5.97 Å². The van der Waals surface area contributed by atoms with Crippen LogP contribution in [-0.2, 0) is 11.2 Å². The molecule has 21 heavy (non-hydrogen) atoms. The summed E-state index contributed by atoms with van der Waals surface area (Å²) in [7, 11) is 0. The molecule has 0 amide bonds. The Morgan fingerprint density at radius 1 is 1.10 bits per heavy atom. The lowest BCUT2D eigenvalue weighted by molar-refractivity contribution is -0.138. The first-order chi connectivity index (χ1) is 10.2. The molecule has 1 aromatic rings. The van der Waals surface area contributed by atoms with Crippen molar-refractivity contribution in [3.8, 4) is 0 Å². The summed E-state index contributed by atoms with van der Waals surface area (Å²) in [4.78, 5) is 13.6. The highest BCUT2D eigenvalue weighted by atomic mass is 16.4. The van der Waals surface area contributed by atoms with Gasteiger partial charge in [-0.05, 0) is 37.9 Å². The maximum atomic E-state index is 11.2. The summed E-state index contributed by atoms with van der Waals surface area (Å²) in [5.41, 5.74) is 1.22. The van der Waals surface area contributed by atoms with Gasteiger partial charge in [0.25, 0.3) is 0 Å². The van der Waals surface area contributed by atoms with Crippen molar-refractivity contribution < 1.29 is 9.90 Å². The van der Waals surface area contributed by atoms with E-state index in [9.17, 15) is 9.90 Å². The number of rotatable bonds is 11. The van der Waals surface area contributed by atoms with Gasteiger partial charge in [-0.15, -0.1) is 0 Å². The lowest BCUT2D eigenvalue weighted by Gasteiger charge is -2.31. The fourth-order valence-electron chi connectivity index (χ4n) is 2.62. The Morgan fingerprint density at radius 3 is 2.14 bits per heavy atom. The summed E-state index contributed by atoms with van der Waals surface area (Å²) in [5, 5.41) is 9.23. The maximum absolute atomic E-state index is 11.2. The molecule has 118 valence electrons. The van der Waals surface area contributed by atoms with Gasteiger partial charge in [-0.1, -0.05) is 57.0 Å². The third-order valence-corrected chi connectivity index (χ3v) is 3.84. The summed E-state index contributed by atoms with van der Waals surface area (Å²) >= 11 is 0. The minimum atomic E-state index is -0.700. The minimum absolute atomic E-state index is 0.1000. The highest BCUT2D eigenvalue weighted by molar-refractivity contribution is 5.67. The highest BCUT2D eigenvalue weighted by Gasteiger charge is 2.21. The van der Waals surface area contributed by atoms with Crippen molar-refractivity contribution in [1.29, 1.82) is 0 Å². The maximum Gasteiger partial charge on any atom is 0.304 e. The predicted molar refractivity (Wildman–Crippen MR) is 87.6 cm³/mol. The molecule has 1 unspecified atom stereocenters. The molecule has 0 spiro atoms. The number of aliphatic carboxylic acids is 1. The number of carboxylic acid groups (broad SMARTS) is 1. The first-order valence-corrected chi connectivity index (χ1v) is 8.17. The average molecular weight is 291 g/mol. The fourth-order valence-corrected chi connectivity index (χ4v) is 2.62. The Hall–Kier alpha value is -1.35. The third kappa shape index (κ3) is 7.28. The molecule has 1 aromatic carbocycles. The van der Waals surface area contributed by atoms with E-state index >= 15 is 0 Å². The molecule has 3 heteroatoms. The van der Waals surface area contributed by atoms with E-state index in [2.05, 4.69) is 30.9 Å². The Balaban J connectivity index is 2.76. The smallest absolute Gasteiger partial charge is 0.304 e. The van der Waals surface area contributed by atoms with Crippen LogP contribution in [-0.4, -0.2) is 35.1 Å². The molecule has 0 fully saturated rings. The van der Waals surface area contributed by atoms with E-state index in [0.717, 1.165) is 45.2 Å². The number of carbonyl (C=O) groups is 1. The zero-order valence-electron chi connectivity index (χ0n) is 13.4. The zero-order chi connectivity index (χ0) is 15.5. The minimum Gasteiger partial charge on any atom is -0.481 e. The third-order valence-electron chi connectivity index (χ3n) is 3.84. The molecule has 0 radical (unpaired) electrons. The van der Waals surface area contributed by atoms with Crippen LogP contribution in [0.4, 0.5) is 0 Å². The van der Waals surface area contributed by atoms with Gasteiger partial charge in [0.1, 0.15) is 0 Å². The first-order valence-electron chi connectivity index (χ1n) is 8.17. The second kappa shape index (κ2) is 10.4. The topological polar surface area (TPSA) is 40.5 Å². The number of benzene rings is 1. The van der Waals surface area contributed by atoms with Gasteiger partial charge in [0, 0.05) is 6.04 Å². The van der Waals surface area contributed by atoms with Crippen LogP contribution in [0.2, 0.25) is 0 Å². The molecule has 1 rings (SSSR count). The second-order valence-corrected chi connectivity index (χ2v) is 5.68.